The van der Waals surface area contributed by atoms with E-state index in [4.69, 9.17) is 4.74 Å². The number of halogens is 6. The van der Waals surface area contributed by atoms with Gasteiger partial charge in [-0.2, -0.15) is 26.3 Å². The lowest BCUT2D eigenvalue weighted by molar-refractivity contribution is -0.142. The first-order valence-electron chi connectivity index (χ1n) is 9.97. The van der Waals surface area contributed by atoms with E-state index < -0.39 is 23.6 Å². The highest BCUT2D eigenvalue weighted by molar-refractivity contribution is 5.69. The Hall–Kier alpha value is -2.62. The Morgan fingerprint density at radius 3 is 2.28 bits per heavy atom. The Labute approximate surface area is 181 Å². The van der Waals surface area contributed by atoms with Crippen molar-refractivity contribution in [3.8, 4) is 0 Å². The van der Waals surface area contributed by atoms with E-state index in [0.29, 0.717) is 30.5 Å². The topological polar surface area (TPSA) is 42.4 Å². The molecule has 0 radical (unpaired) electrons. The molecule has 0 aliphatic carbocycles. The highest BCUT2D eigenvalue weighted by Crippen LogP contribution is 2.38. The number of hydrogen-bond donors (Lipinski definition) is 0. The van der Waals surface area contributed by atoms with Gasteiger partial charge in [-0.3, -0.25) is 14.7 Å². The van der Waals surface area contributed by atoms with E-state index in [0.717, 1.165) is 24.4 Å². The number of nitrogens with zero attached hydrogens (tertiary/aromatic N) is 2. The summed E-state index contributed by atoms with van der Waals surface area (Å²) in [4.78, 5) is 17.2. The average Bonchev–Trinajstić information content (AvgIpc) is 2.74. The van der Waals surface area contributed by atoms with E-state index in [9.17, 15) is 31.1 Å². The molecule has 1 fully saturated rings. The second-order valence-electron chi connectivity index (χ2n) is 7.83. The van der Waals surface area contributed by atoms with Crippen molar-refractivity contribution in [3.63, 3.8) is 0 Å². The molecule has 32 heavy (non-hydrogen) atoms. The number of carbonyl (C=O) groups is 1. The molecule has 0 N–H and O–H groups in total. The summed E-state index contributed by atoms with van der Waals surface area (Å²) in [6.45, 7) is 0.802. The Kier molecular flexibility index (Phi) is 7.12. The second-order valence-corrected chi connectivity index (χ2v) is 7.83. The molecule has 1 aromatic heterocycles. The minimum absolute atomic E-state index is 0.0169. The average molecular weight is 460 g/mol. The monoisotopic (exact) mass is 460 g/mol. The maximum atomic E-state index is 12.9. The van der Waals surface area contributed by atoms with Crippen molar-refractivity contribution in [2.24, 2.45) is 5.92 Å². The van der Waals surface area contributed by atoms with Gasteiger partial charge in [-0.25, -0.2) is 0 Å². The minimum atomic E-state index is -4.53. The number of piperidine rings is 1. The van der Waals surface area contributed by atoms with E-state index in [1.54, 1.807) is 0 Å². The first-order valence-corrected chi connectivity index (χ1v) is 9.97. The van der Waals surface area contributed by atoms with Gasteiger partial charge in [0.1, 0.15) is 5.69 Å². The van der Waals surface area contributed by atoms with Gasteiger partial charge in [0.15, 0.2) is 0 Å². The third kappa shape index (κ3) is 5.99. The molecule has 1 aliphatic heterocycles. The Bertz CT molecular complexity index is 910. The molecule has 2 atom stereocenters. The first kappa shape index (κ1) is 24.0. The molecule has 0 spiro atoms. The van der Waals surface area contributed by atoms with Crippen LogP contribution in [0.2, 0.25) is 0 Å². The van der Waals surface area contributed by atoms with Gasteiger partial charge in [0.25, 0.3) is 0 Å². The van der Waals surface area contributed by atoms with Crippen LogP contribution >= 0.6 is 0 Å². The molecule has 2 heterocycles. The van der Waals surface area contributed by atoms with Gasteiger partial charge in [0, 0.05) is 25.2 Å². The van der Waals surface area contributed by atoms with E-state index in [2.05, 4.69) is 4.98 Å². The van der Waals surface area contributed by atoms with Crippen molar-refractivity contribution in [2.45, 2.75) is 44.2 Å². The molecule has 0 bridgehead atoms. The zero-order chi connectivity index (χ0) is 23.5. The predicted octanol–water partition coefficient (Wildman–Crippen LogP) is 5.64. The molecule has 3 rings (SSSR count). The summed E-state index contributed by atoms with van der Waals surface area (Å²) in [7, 11) is 1.29. The lowest BCUT2D eigenvalue weighted by Crippen LogP contribution is -2.37. The normalized spacial score (nSPS) is 20.2. The molecule has 1 aromatic carbocycles. The number of likely N-dealkylation sites (tertiary alicyclic amines) is 1. The number of hydrogen-bond acceptors (Lipinski definition) is 4. The molecule has 0 saturated carbocycles. The summed E-state index contributed by atoms with van der Waals surface area (Å²) < 4.78 is 81.8. The fourth-order valence-corrected chi connectivity index (χ4v) is 3.94. The zero-order valence-electron chi connectivity index (χ0n) is 17.2. The third-order valence-corrected chi connectivity index (χ3v) is 5.63. The Balaban J connectivity index is 1.82. The number of ether oxygens (including phenoxy) is 1. The summed E-state index contributed by atoms with van der Waals surface area (Å²) in [5.74, 6) is -0.377. The Morgan fingerprint density at radius 1 is 1.06 bits per heavy atom. The van der Waals surface area contributed by atoms with Gasteiger partial charge in [-0.15, -0.1) is 0 Å². The van der Waals surface area contributed by atoms with Crippen molar-refractivity contribution < 1.29 is 35.9 Å². The number of aromatic nitrogens is 1. The lowest BCUT2D eigenvalue weighted by Gasteiger charge is -2.39. The van der Waals surface area contributed by atoms with Crippen LogP contribution in [-0.4, -0.2) is 29.5 Å². The van der Waals surface area contributed by atoms with Crippen molar-refractivity contribution >= 4 is 5.97 Å². The highest BCUT2D eigenvalue weighted by atomic mass is 19.4. The van der Waals surface area contributed by atoms with Crippen LogP contribution in [0.3, 0.4) is 0 Å². The third-order valence-electron chi connectivity index (χ3n) is 5.63. The van der Waals surface area contributed by atoms with Crippen LogP contribution in [0, 0.1) is 5.92 Å². The zero-order valence-corrected chi connectivity index (χ0v) is 17.2. The van der Waals surface area contributed by atoms with E-state index >= 15 is 0 Å². The van der Waals surface area contributed by atoms with Crippen LogP contribution in [-0.2, 0) is 28.4 Å². The van der Waals surface area contributed by atoms with E-state index in [1.807, 2.05) is 4.90 Å². The molecule has 1 saturated heterocycles. The number of methoxy groups -OCH3 is 1. The number of pyridine rings is 1. The van der Waals surface area contributed by atoms with Crippen molar-refractivity contribution in [2.75, 3.05) is 13.7 Å². The van der Waals surface area contributed by atoms with Crippen LogP contribution in [0.4, 0.5) is 26.3 Å². The largest absolute Gasteiger partial charge is 0.469 e. The molecule has 0 unspecified atom stereocenters. The van der Waals surface area contributed by atoms with Crippen molar-refractivity contribution in [1.29, 1.82) is 0 Å². The highest BCUT2D eigenvalue weighted by Gasteiger charge is 2.34. The smallest absolute Gasteiger partial charge is 0.433 e. The summed E-state index contributed by atoms with van der Waals surface area (Å²) in [5, 5.41) is 0. The predicted molar refractivity (Wildman–Crippen MR) is 103 cm³/mol. The SMILES string of the molecule is COC(=O)C[C@@H]1CCN(Cc2ccc(C(F)(F)F)nc2)[C@H](c2ccc(C(F)(F)F)cc2)C1. The molecule has 0 amide bonds. The van der Waals surface area contributed by atoms with Crippen LogP contribution in [0.25, 0.3) is 0 Å². The van der Waals surface area contributed by atoms with Gasteiger partial charge in [0.05, 0.1) is 12.7 Å². The molecule has 10 heteroatoms. The first-order chi connectivity index (χ1) is 15.0. The molecule has 2 aromatic rings. The van der Waals surface area contributed by atoms with Crippen molar-refractivity contribution in [1.82, 2.24) is 9.88 Å². The van der Waals surface area contributed by atoms with Crippen molar-refractivity contribution in [3.05, 3.63) is 65.0 Å². The van der Waals surface area contributed by atoms with Crippen LogP contribution in [0.5, 0.6) is 0 Å². The number of rotatable bonds is 5. The molecular formula is C22H22F6N2O2. The minimum Gasteiger partial charge on any atom is -0.469 e. The fourth-order valence-electron chi connectivity index (χ4n) is 3.94. The van der Waals surface area contributed by atoms with Crippen LogP contribution in [0.15, 0.2) is 42.6 Å². The summed E-state index contributed by atoms with van der Waals surface area (Å²) in [6.07, 6.45) is -6.47. The quantitative estimate of drug-likeness (QED) is 0.428. The molecular weight excluding hydrogens is 438 g/mol. The fraction of sp³-hybridized carbons (Fsp3) is 0.455. The second kappa shape index (κ2) is 9.48. The van der Waals surface area contributed by atoms with Gasteiger partial charge in [0.2, 0.25) is 0 Å². The Morgan fingerprint density at radius 2 is 1.75 bits per heavy atom. The lowest BCUT2D eigenvalue weighted by atomic mass is 9.84. The summed E-state index contributed by atoms with van der Waals surface area (Å²) >= 11 is 0. The number of esters is 1. The molecule has 174 valence electrons. The number of carbonyl (C=O) groups excluding carboxylic acids is 1. The summed E-state index contributed by atoms with van der Waals surface area (Å²) in [6, 6.07) is 6.79. The number of benzene rings is 1. The van der Waals surface area contributed by atoms with E-state index in [1.165, 1.54) is 25.3 Å². The van der Waals surface area contributed by atoms with Crippen LogP contribution in [0.1, 0.15) is 47.7 Å². The molecule has 1 aliphatic rings. The molecule has 4 nitrogen and oxygen atoms in total. The van der Waals surface area contributed by atoms with Gasteiger partial charge in [-0.1, -0.05) is 18.2 Å². The standard InChI is InChI=1S/C22H22F6N2O2/c1-32-20(31)11-14-8-9-30(13-15-2-7-19(29-12-15)22(26,27)28)18(10-14)16-3-5-17(6-4-16)21(23,24)25/h2-7,12,14,18H,8-11,13H2,1H3/t14-,18+/m1/s1. The maximum absolute atomic E-state index is 12.9. The van der Waals surface area contributed by atoms with E-state index in [-0.39, 0.29) is 30.9 Å². The van der Waals surface area contributed by atoms with Gasteiger partial charge in [-0.05, 0) is 54.6 Å². The maximum Gasteiger partial charge on any atom is 0.433 e. The van der Waals surface area contributed by atoms with Crippen LogP contribution < -0.4 is 0 Å². The number of alkyl halides is 6. The van der Waals surface area contributed by atoms with Gasteiger partial charge < -0.3 is 4.74 Å². The summed E-state index contributed by atoms with van der Waals surface area (Å²) in [5.41, 5.74) is -0.548. The van der Waals surface area contributed by atoms with Gasteiger partial charge >= 0.3 is 18.3 Å².